The summed E-state index contributed by atoms with van der Waals surface area (Å²) in [4.78, 5) is 0. The highest BCUT2D eigenvalue weighted by molar-refractivity contribution is 7.95. The summed E-state index contributed by atoms with van der Waals surface area (Å²) in [6, 6.07) is 34.5. The van der Waals surface area contributed by atoms with Crippen LogP contribution in [0.5, 0.6) is 0 Å². The van der Waals surface area contributed by atoms with Gasteiger partial charge in [-0.05, 0) is 35.6 Å². The third-order valence-corrected chi connectivity index (χ3v) is 9.08. The van der Waals surface area contributed by atoms with Gasteiger partial charge in [-0.15, -0.1) is 0 Å². The predicted octanol–water partition coefficient (Wildman–Crippen LogP) is 4.87. The van der Waals surface area contributed by atoms with E-state index in [2.05, 4.69) is 85.8 Å². The first-order chi connectivity index (χ1) is 12.8. The molecule has 130 valence electrons. The van der Waals surface area contributed by atoms with Gasteiger partial charge in [-0.1, -0.05) is 104 Å². The van der Waals surface area contributed by atoms with Crippen molar-refractivity contribution >= 4 is 28.1 Å². The molecule has 0 atom stereocenters. The molecule has 3 aromatic carbocycles. The Morgan fingerprint density at radius 2 is 1.12 bits per heavy atom. The minimum Gasteiger partial charge on any atom is -0.193 e. The number of hydrogen-bond acceptors (Lipinski definition) is 1. The summed E-state index contributed by atoms with van der Waals surface area (Å²) in [5.41, 5.74) is 0. The molecular weight excluding hydrogens is 333 g/mol. The molecule has 0 heterocycles. The third-order valence-electron chi connectivity index (χ3n) is 4.73. The van der Waals surface area contributed by atoms with Crippen molar-refractivity contribution in [3.63, 3.8) is 0 Å². The van der Waals surface area contributed by atoms with Gasteiger partial charge in [0.05, 0.1) is 6.07 Å². The first-order valence-corrected chi connectivity index (χ1v) is 10.9. The van der Waals surface area contributed by atoms with Crippen LogP contribution in [0.1, 0.15) is 26.2 Å². The largest absolute Gasteiger partial charge is 0.193 e. The molecule has 0 aliphatic carbocycles. The summed E-state index contributed by atoms with van der Waals surface area (Å²) in [5.74, 6) is 0. The molecule has 3 aromatic rings. The lowest BCUT2D eigenvalue weighted by Gasteiger charge is -2.30. The first-order valence-electron chi connectivity index (χ1n) is 9.16. The zero-order valence-corrected chi connectivity index (χ0v) is 16.1. The van der Waals surface area contributed by atoms with E-state index >= 15 is 0 Å². The number of unbranched alkanes of at least 4 members (excludes halogenated alkanes) is 1. The lowest BCUT2D eigenvalue weighted by molar-refractivity contribution is 0.842. The normalized spacial score (nSPS) is 10.9. The van der Waals surface area contributed by atoms with E-state index in [9.17, 15) is 5.26 Å². The van der Waals surface area contributed by atoms with E-state index < -0.39 is 6.89 Å². The van der Waals surface area contributed by atoms with Crippen LogP contribution >= 0.6 is 6.89 Å². The van der Waals surface area contributed by atoms with Crippen LogP contribution in [0.15, 0.2) is 91.0 Å². The van der Waals surface area contributed by atoms with E-state index in [1.807, 2.05) is 18.2 Å². The van der Waals surface area contributed by atoms with Crippen LogP contribution < -0.4 is 15.9 Å². The molecule has 2 heteroatoms. The average Bonchev–Trinajstić information content (AvgIpc) is 2.73. The molecule has 0 radical (unpaired) electrons. The van der Waals surface area contributed by atoms with Crippen molar-refractivity contribution in [2.75, 3.05) is 0 Å². The number of benzene rings is 3. The minimum absolute atomic E-state index is 0.847. The molecule has 26 heavy (non-hydrogen) atoms. The Morgan fingerprint density at radius 3 is 1.42 bits per heavy atom. The predicted molar refractivity (Wildman–Crippen MR) is 115 cm³/mol. The van der Waals surface area contributed by atoms with Crippen LogP contribution in [0.25, 0.3) is 0 Å². The fraction of sp³-hybridized carbons (Fsp3) is 0.167. The Hall–Kier alpha value is -2.55. The molecule has 0 spiro atoms. The maximum absolute atomic E-state index is 10.2. The monoisotopic (exact) mass is 357 g/mol. The van der Waals surface area contributed by atoms with Gasteiger partial charge in [-0.2, -0.15) is 5.26 Å². The summed E-state index contributed by atoms with van der Waals surface area (Å²) in [5, 5.41) is 15.0. The van der Waals surface area contributed by atoms with E-state index in [-0.39, 0.29) is 0 Å². The van der Waals surface area contributed by atoms with Gasteiger partial charge in [0.25, 0.3) is 0 Å². The molecule has 0 bridgehead atoms. The van der Waals surface area contributed by atoms with Crippen molar-refractivity contribution in [2.24, 2.45) is 0 Å². The summed E-state index contributed by atoms with van der Waals surface area (Å²) in [7, 11) is 0. The average molecular weight is 357 g/mol. The lowest BCUT2D eigenvalue weighted by Crippen LogP contribution is -2.30. The SMILES string of the molecule is CCCCC(C#N)=P(c1ccccc1)(c1ccccc1)c1ccccc1. The Labute approximate surface area is 156 Å². The van der Waals surface area contributed by atoms with Crippen molar-refractivity contribution in [3.05, 3.63) is 91.0 Å². The molecule has 0 saturated heterocycles. The van der Waals surface area contributed by atoms with Crippen molar-refractivity contribution in [1.29, 1.82) is 5.26 Å². The highest BCUT2D eigenvalue weighted by Gasteiger charge is 2.29. The van der Waals surface area contributed by atoms with Crippen LogP contribution in [0.4, 0.5) is 0 Å². The van der Waals surface area contributed by atoms with Gasteiger partial charge in [-0.25, -0.2) is 0 Å². The van der Waals surface area contributed by atoms with Crippen LogP contribution in [0, 0.1) is 11.3 Å². The van der Waals surface area contributed by atoms with Gasteiger partial charge in [0.1, 0.15) is 0 Å². The van der Waals surface area contributed by atoms with Crippen molar-refractivity contribution in [1.82, 2.24) is 0 Å². The summed E-state index contributed by atoms with van der Waals surface area (Å²) in [6.45, 7) is 0.0457. The zero-order valence-electron chi connectivity index (χ0n) is 15.2. The quantitative estimate of drug-likeness (QED) is 0.578. The topological polar surface area (TPSA) is 23.8 Å². The summed E-state index contributed by atoms with van der Waals surface area (Å²) < 4.78 is 0. The summed E-state index contributed by atoms with van der Waals surface area (Å²) >= 11 is 0. The smallest absolute Gasteiger partial charge is 0.0958 e. The Balaban J connectivity index is 2.48. The highest BCUT2D eigenvalue weighted by Crippen LogP contribution is 2.46. The van der Waals surface area contributed by atoms with E-state index in [1.165, 1.54) is 15.9 Å². The molecule has 0 amide bonds. The first kappa shape index (κ1) is 18.2. The van der Waals surface area contributed by atoms with Crippen LogP contribution in [0.2, 0.25) is 0 Å². The Kier molecular flexibility index (Phi) is 6.11. The molecule has 0 aromatic heterocycles. The minimum atomic E-state index is -2.14. The molecular formula is C24H24NP. The van der Waals surface area contributed by atoms with E-state index in [0.29, 0.717) is 0 Å². The zero-order chi connectivity index (χ0) is 18.2. The number of hydrogen-bond donors (Lipinski definition) is 0. The lowest BCUT2D eigenvalue weighted by atomic mass is 10.2. The molecule has 1 nitrogen and oxygen atoms in total. The second-order valence-corrected chi connectivity index (χ2v) is 9.77. The molecule has 0 unspecified atom stereocenters. The summed E-state index contributed by atoms with van der Waals surface area (Å²) in [6.07, 6.45) is 2.97. The van der Waals surface area contributed by atoms with Gasteiger partial charge in [0, 0.05) is 5.29 Å². The Bertz CT molecular complexity index is 819. The molecule has 0 aliphatic rings. The standard InChI is InChI=1S/C24H24NP/c1-2-3-13-24(20-25)26(21-14-7-4-8-15-21,22-16-9-5-10-17-22)23-18-11-6-12-19-23/h4-12,14-19H,2-3,13H2,1H3. The molecule has 3 rings (SSSR count). The van der Waals surface area contributed by atoms with Crippen molar-refractivity contribution in [3.8, 4) is 6.07 Å². The van der Waals surface area contributed by atoms with Gasteiger partial charge in [0.15, 0.2) is 0 Å². The van der Waals surface area contributed by atoms with Gasteiger partial charge in [-0.3, -0.25) is 0 Å². The molecule has 0 saturated carbocycles. The second-order valence-electron chi connectivity index (χ2n) is 6.34. The maximum Gasteiger partial charge on any atom is 0.0958 e. The number of nitriles is 1. The molecule has 0 aliphatic heterocycles. The van der Waals surface area contributed by atoms with Crippen LogP contribution in [0.3, 0.4) is 0 Å². The van der Waals surface area contributed by atoms with Crippen LogP contribution in [-0.2, 0) is 0 Å². The van der Waals surface area contributed by atoms with E-state index in [1.54, 1.807) is 0 Å². The maximum atomic E-state index is 10.2. The fourth-order valence-electron chi connectivity index (χ4n) is 3.51. The van der Waals surface area contributed by atoms with Gasteiger partial charge < -0.3 is 0 Å². The van der Waals surface area contributed by atoms with Crippen molar-refractivity contribution in [2.45, 2.75) is 26.2 Å². The third kappa shape index (κ3) is 3.39. The van der Waals surface area contributed by atoms with Gasteiger partial charge in [0.2, 0.25) is 0 Å². The van der Waals surface area contributed by atoms with Crippen molar-refractivity contribution < 1.29 is 0 Å². The highest BCUT2D eigenvalue weighted by atomic mass is 31.2. The Morgan fingerprint density at radius 1 is 0.731 bits per heavy atom. The van der Waals surface area contributed by atoms with Crippen LogP contribution in [-0.4, -0.2) is 5.29 Å². The second kappa shape index (κ2) is 8.70. The molecule has 0 fully saturated rings. The van der Waals surface area contributed by atoms with E-state index in [0.717, 1.165) is 24.6 Å². The van der Waals surface area contributed by atoms with E-state index in [4.69, 9.17) is 0 Å². The fourth-order valence-corrected chi connectivity index (χ4v) is 7.84. The van der Waals surface area contributed by atoms with Gasteiger partial charge >= 0.3 is 0 Å². The number of nitrogens with zero attached hydrogens (tertiary/aromatic N) is 1. The number of rotatable bonds is 6. The molecule has 0 N–H and O–H groups in total.